The quantitative estimate of drug-likeness (QED) is 0.339. The van der Waals surface area contributed by atoms with Crippen LogP contribution in [0.2, 0.25) is 5.02 Å². The summed E-state index contributed by atoms with van der Waals surface area (Å²) in [7, 11) is 0. The van der Waals surface area contributed by atoms with Gasteiger partial charge in [-0.1, -0.05) is 66.7 Å². The van der Waals surface area contributed by atoms with Crippen molar-refractivity contribution < 1.29 is 9.53 Å². The van der Waals surface area contributed by atoms with E-state index in [-0.39, 0.29) is 5.57 Å². The van der Waals surface area contributed by atoms with Crippen molar-refractivity contribution in [2.24, 2.45) is 0 Å². The molecule has 0 saturated carbocycles. The number of nitrogens with zero attached hydrogens (tertiary/aromatic N) is 1. The van der Waals surface area contributed by atoms with E-state index in [1.54, 1.807) is 30.3 Å². The molecular formula is C23H17ClN2O2. The summed E-state index contributed by atoms with van der Waals surface area (Å²) in [6.45, 7) is 3.97. The van der Waals surface area contributed by atoms with Crippen LogP contribution in [0.4, 0.5) is 5.69 Å². The first kappa shape index (κ1) is 19.2. The number of amides is 1. The largest absolute Gasteiger partial charge is 0.489 e. The van der Waals surface area contributed by atoms with Crippen molar-refractivity contribution >= 4 is 40.0 Å². The van der Waals surface area contributed by atoms with Gasteiger partial charge in [-0.25, -0.2) is 0 Å². The molecule has 5 heteroatoms. The van der Waals surface area contributed by atoms with Crippen molar-refractivity contribution in [1.82, 2.24) is 0 Å². The van der Waals surface area contributed by atoms with E-state index in [0.29, 0.717) is 28.6 Å². The number of carbonyl (C=O) groups excluding carboxylic acids is 1. The Labute approximate surface area is 168 Å². The van der Waals surface area contributed by atoms with Crippen LogP contribution in [0.5, 0.6) is 5.75 Å². The second-order valence-corrected chi connectivity index (χ2v) is 6.31. The molecule has 0 aliphatic carbocycles. The molecule has 4 nitrogen and oxygen atoms in total. The summed E-state index contributed by atoms with van der Waals surface area (Å²) < 4.78 is 5.73. The number of halogens is 1. The first-order valence-electron chi connectivity index (χ1n) is 8.57. The number of fused-ring (bicyclic) bond motifs is 1. The van der Waals surface area contributed by atoms with Crippen LogP contribution >= 0.6 is 11.6 Å². The molecule has 1 amide bonds. The molecule has 28 heavy (non-hydrogen) atoms. The first-order chi connectivity index (χ1) is 13.6. The lowest BCUT2D eigenvalue weighted by Crippen LogP contribution is -2.13. The maximum Gasteiger partial charge on any atom is 0.266 e. The zero-order valence-corrected chi connectivity index (χ0v) is 15.7. The number of hydrogen-bond acceptors (Lipinski definition) is 3. The van der Waals surface area contributed by atoms with Gasteiger partial charge in [-0.15, -0.1) is 0 Å². The van der Waals surface area contributed by atoms with E-state index in [9.17, 15) is 10.1 Å². The highest BCUT2D eigenvalue weighted by Gasteiger charge is 2.14. The number of benzene rings is 3. The maximum absolute atomic E-state index is 12.6. The number of anilines is 1. The maximum atomic E-state index is 12.6. The van der Waals surface area contributed by atoms with Crippen LogP contribution < -0.4 is 10.1 Å². The fourth-order valence-electron chi connectivity index (χ4n) is 2.74. The van der Waals surface area contributed by atoms with E-state index in [1.807, 2.05) is 42.5 Å². The molecule has 0 aromatic heterocycles. The van der Waals surface area contributed by atoms with Crippen molar-refractivity contribution in [1.29, 1.82) is 5.26 Å². The van der Waals surface area contributed by atoms with Gasteiger partial charge in [0.05, 0.1) is 10.7 Å². The molecule has 0 radical (unpaired) electrons. The van der Waals surface area contributed by atoms with E-state index in [2.05, 4.69) is 11.9 Å². The normalized spacial score (nSPS) is 10.9. The molecule has 0 aliphatic heterocycles. The molecule has 3 aromatic rings. The van der Waals surface area contributed by atoms with Gasteiger partial charge in [-0.2, -0.15) is 5.26 Å². The Morgan fingerprint density at radius 2 is 1.89 bits per heavy atom. The van der Waals surface area contributed by atoms with E-state index < -0.39 is 5.91 Å². The van der Waals surface area contributed by atoms with Crippen molar-refractivity contribution in [3.05, 3.63) is 89.5 Å². The number of carbonyl (C=O) groups is 1. The average Bonchev–Trinajstić information content (AvgIpc) is 2.72. The zero-order chi connectivity index (χ0) is 19.9. The summed E-state index contributed by atoms with van der Waals surface area (Å²) >= 11 is 6.09. The Balaban J connectivity index is 2.05. The van der Waals surface area contributed by atoms with Crippen LogP contribution in [0.25, 0.3) is 16.8 Å². The lowest BCUT2D eigenvalue weighted by atomic mass is 10.0. The first-order valence-corrected chi connectivity index (χ1v) is 8.95. The van der Waals surface area contributed by atoms with Gasteiger partial charge in [0.25, 0.3) is 5.91 Å². The topological polar surface area (TPSA) is 62.1 Å². The summed E-state index contributed by atoms with van der Waals surface area (Å²) in [6, 6.07) is 20.3. The summed E-state index contributed by atoms with van der Waals surface area (Å²) in [6.07, 6.45) is 3.17. The van der Waals surface area contributed by atoms with Gasteiger partial charge in [-0.3, -0.25) is 4.79 Å². The Hall–Kier alpha value is -3.55. The third kappa shape index (κ3) is 4.22. The van der Waals surface area contributed by atoms with E-state index >= 15 is 0 Å². The molecule has 0 bridgehead atoms. The van der Waals surface area contributed by atoms with E-state index in [1.165, 1.54) is 6.08 Å². The van der Waals surface area contributed by atoms with Crippen molar-refractivity contribution in [3.63, 3.8) is 0 Å². The number of rotatable bonds is 6. The van der Waals surface area contributed by atoms with E-state index in [0.717, 1.165) is 10.8 Å². The second-order valence-electron chi connectivity index (χ2n) is 5.90. The van der Waals surface area contributed by atoms with Gasteiger partial charge in [0.1, 0.15) is 24.0 Å². The molecule has 138 valence electrons. The number of ether oxygens (including phenoxy) is 1. The van der Waals surface area contributed by atoms with Crippen LogP contribution in [-0.4, -0.2) is 12.5 Å². The van der Waals surface area contributed by atoms with Gasteiger partial charge in [-0.05, 0) is 35.0 Å². The molecule has 3 aromatic carbocycles. The Kier molecular flexibility index (Phi) is 6.11. The Bertz CT molecular complexity index is 1110. The predicted octanol–water partition coefficient (Wildman–Crippen LogP) is 5.60. The molecule has 0 fully saturated rings. The highest BCUT2D eigenvalue weighted by molar-refractivity contribution is 6.34. The average molecular weight is 389 g/mol. The Morgan fingerprint density at radius 1 is 1.14 bits per heavy atom. The highest BCUT2D eigenvalue weighted by Crippen LogP contribution is 2.31. The van der Waals surface area contributed by atoms with Gasteiger partial charge in [0, 0.05) is 5.56 Å². The smallest absolute Gasteiger partial charge is 0.266 e. The molecule has 0 atom stereocenters. The number of para-hydroxylation sites is 1. The fraction of sp³-hybridized carbons (Fsp3) is 0.0435. The van der Waals surface area contributed by atoms with Crippen LogP contribution in [0.1, 0.15) is 5.56 Å². The third-order valence-corrected chi connectivity index (χ3v) is 4.39. The molecule has 0 saturated heterocycles. The summed E-state index contributed by atoms with van der Waals surface area (Å²) in [4.78, 5) is 12.6. The minimum Gasteiger partial charge on any atom is -0.489 e. The molecule has 1 N–H and O–H groups in total. The lowest BCUT2D eigenvalue weighted by molar-refractivity contribution is -0.112. The van der Waals surface area contributed by atoms with Gasteiger partial charge < -0.3 is 10.1 Å². The summed E-state index contributed by atoms with van der Waals surface area (Å²) in [5.74, 6) is 0.0232. The monoisotopic (exact) mass is 388 g/mol. The fourth-order valence-corrected chi connectivity index (χ4v) is 2.93. The number of nitriles is 1. The minimum atomic E-state index is -0.543. The number of hydrogen-bond donors (Lipinski definition) is 1. The van der Waals surface area contributed by atoms with Crippen LogP contribution in [0.3, 0.4) is 0 Å². The molecule has 3 rings (SSSR count). The van der Waals surface area contributed by atoms with Crippen molar-refractivity contribution in [2.45, 2.75) is 0 Å². The minimum absolute atomic E-state index is 0.0558. The summed E-state index contributed by atoms with van der Waals surface area (Å²) in [5.41, 5.74) is 1.04. The zero-order valence-electron chi connectivity index (χ0n) is 15.0. The van der Waals surface area contributed by atoms with Gasteiger partial charge in [0.15, 0.2) is 0 Å². The van der Waals surface area contributed by atoms with Crippen LogP contribution in [0.15, 0.2) is 78.9 Å². The molecular weight excluding hydrogens is 372 g/mol. The molecule has 0 aliphatic rings. The van der Waals surface area contributed by atoms with Gasteiger partial charge >= 0.3 is 0 Å². The molecule has 0 unspecified atom stereocenters. The third-order valence-electron chi connectivity index (χ3n) is 4.06. The van der Waals surface area contributed by atoms with E-state index in [4.69, 9.17) is 16.3 Å². The van der Waals surface area contributed by atoms with Crippen LogP contribution in [0, 0.1) is 11.3 Å². The van der Waals surface area contributed by atoms with Crippen molar-refractivity contribution in [2.75, 3.05) is 11.9 Å². The van der Waals surface area contributed by atoms with Crippen LogP contribution in [-0.2, 0) is 4.79 Å². The lowest BCUT2D eigenvalue weighted by Gasteiger charge is -2.12. The molecule has 0 spiro atoms. The predicted molar refractivity (Wildman–Crippen MR) is 113 cm³/mol. The summed E-state index contributed by atoms with van der Waals surface area (Å²) in [5, 5.41) is 14.5. The SMILES string of the molecule is C=CCOc1ccc2ccccc2c1/C=C(\C#N)C(=O)Nc1ccccc1Cl. The standard InChI is InChI=1S/C23H17ClN2O2/c1-2-13-28-22-12-11-16-7-3-4-8-18(16)19(22)14-17(15-25)23(27)26-21-10-6-5-9-20(21)24/h2-12,14H,1,13H2,(H,26,27)/b17-14+. The second kappa shape index (κ2) is 8.90. The Morgan fingerprint density at radius 3 is 2.64 bits per heavy atom. The number of nitrogens with one attached hydrogen (secondary N) is 1. The highest BCUT2D eigenvalue weighted by atomic mass is 35.5. The molecule has 0 heterocycles. The van der Waals surface area contributed by atoms with Crippen molar-refractivity contribution in [3.8, 4) is 11.8 Å². The van der Waals surface area contributed by atoms with Gasteiger partial charge in [0.2, 0.25) is 0 Å².